The van der Waals surface area contributed by atoms with Crippen molar-refractivity contribution >= 4 is 35.2 Å². The van der Waals surface area contributed by atoms with Gasteiger partial charge in [0.15, 0.2) is 0 Å². The number of hydrogen-bond acceptors (Lipinski definition) is 5. The summed E-state index contributed by atoms with van der Waals surface area (Å²) in [6.07, 6.45) is 0.0336. The SMILES string of the molecule is O=C(O)CCSC1CC(=O)N(c2ccc(O)cc2)C1=O. The van der Waals surface area contributed by atoms with Crippen molar-refractivity contribution in [2.75, 3.05) is 10.7 Å². The van der Waals surface area contributed by atoms with Gasteiger partial charge in [-0.15, -0.1) is 11.8 Å². The number of carboxylic acid groups (broad SMARTS) is 1. The first-order chi connectivity index (χ1) is 9.49. The number of phenolic OH excluding ortho intramolecular Hbond substituents is 1. The number of aliphatic carboxylic acids is 1. The van der Waals surface area contributed by atoms with E-state index in [2.05, 4.69) is 0 Å². The zero-order valence-electron chi connectivity index (χ0n) is 10.5. The van der Waals surface area contributed by atoms with Crippen LogP contribution in [0.2, 0.25) is 0 Å². The highest BCUT2D eigenvalue weighted by Gasteiger charge is 2.39. The van der Waals surface area contributed by atoms with Crippen molar-refractivity contribution in [3.63, 3.8) is 0 Å². The Morgan fingerprint density at radius 2 is 1.95 bits per heavy atom. The van der Waals surface area contributed by atoms with Crippen molar-refractivity contribution in [2.24, 2.45) is 0 Å². The molecule has 1 aromatic rings. The van der Waals surface area contributed by atoms with Crippen LogP contribution < -0.4 is 4.90 Å². The second-order valence-electron chi connectivity index (χ2n) is 4.29. The van der Waals surface area contributed by atoms with Crippen molar-refractivity contribution in [3.8, 4) is 5.75 Å². The molecule has 1 unspecified atom stereocenters. The minimum atomic E-state index is -0.926. The molecule has 1 heterocycles. The molecule has 1 aromatic carbocycles. The molecular formula is C13H13NO5S. The smallest absolute Gasteiger partial charge is 0.304 e. The number of carbonyl (C=O) groups is 3. The summed E-state index contributed by atoms with van der Waals surface area (Å²) < 4.78 is 0. The van der Waals surface area contributed by atoms with E-state index in [4.69, 9.17) is 5.11 Å². The van der Waals surface area contributed by atoms with Gasteiger partial charge in [0.1, 0.15) is 5.75 Å². The molecule has 1 fully saturated rings. The third kappa shape index (κ3) is 3.11. The fourth-order valence-electron chi connectivity index (χ4n) is 1.90. The van der Waals surface area contributed by atoms with Crippen LogP contribution in [-0.2, 0) is 14.4 Å². The monoisotopic (exact) mass is 295 g/mol. The van der Waals surface area contributed by atoms with Crippen LogP contribution >= 0.6 is 11.8 Å². The lowest BCUT2D eigenvalue weighted by Gasteiger charge is -2.14. The maximum absolute atomic E-state index is 12.2. The van der Waals surface area contributed by atoms with Gasteiger partial charge in [0.05, 0.1) is 17.4 Å². The number of nitrogens with zero attached hydrogens (tertiary/aromatic N) is 1. The van der Waals surface area contributed by atoms with Crippen molar-refractivity contribution < 1.29 is 24.6 Å². The molecule has 2 N–H and O–H groups in total. The molecule has 2 amide bonds. The maximum Gasteiger partial charge on any atom is 0.304 e. The van der Waals surface area contributed by atoms with Gasteiger partial charge < -0.3 is 10.2 Å². The van der Waals surface area contributed by atoms with E-state index in [9.17, 15) is 19.5 Å². The standard InChI is InChI=1S/C13H13NO5S/c15-9-3-1-8(2-4-9)14-11(16)7-10(13(14)19)20-6-5-12(17)18/h1-4,10,15H,5-7H2,(H,17,18). The maximum atomic E-state index is 12.2. The van der Waals surface area contributed by atoms with Crippen LogP contribution in [0.3, 0.4) is 0 Å². The molecule has 1 aliphatic rings. The van der Waals surface area contributed by atoms with E-state index in [0.29, 0.717) is 11.4 Å². The van der Waals surface area contributed by atoms with Crippen LogP contribution in [0.1, 0.15) is 12.8 Å². The average Bonchev–Trinajstić information content (AvgIpc) is 2.66. The van der Waals surface area contributed by atoms with Crippen molar-refractivity contribution in [1.82, 2.24) is 0 Å². The van der Waals surface area contributed by atoms with Gasteiger partial charge in [-0.05, 0) is 24.3 Å². The van der Waals surface area contributed by atoms with Crippen LogP contribution in [-0.4, -0.2) is 39.0 Å². The van der Waals surface area contributed by atoms with Gasteiger partial charge in [0, 0.05) is 12.2 Å². The van der Waals surface area contributed by atoms with Gasteiger partial charge in [0.25, 0.3) is 0 Å². The molecule has 6 nitrogen and oxygen atoms in total. The number of thioether (sulfide) groups is 1. The quantitative estimate of drug-likeness (QED) is 0.793. The summed E-state index contributed by atoms with van der Waals surface area (Å²) in [6, 6.07) is 5.80. The fourth-order valence-corrected chi connectivity index (χ4v) is 2.98. The Kier molecular flexibility index (Phi) is 4.29. The second-order valence-corrected chi connectivity index (χ2v) is 5.60. The number of imide groups is 1. The molecule has 0 aromatic heterocycles. The van der Waals surface area contributed by atoms with Crippen molar-refractivity contribution in [1.29, 1.82) is 0 Å². The number of anilines is 1. The Morgan fingerprint density at radius 3 is 2.55 bits per heavy atom. The van der Waals surface area contributed by atoms with E-state index >= 15 is 0 Å². The molecule has 0 spiro atoms. The Bertz CT molecular complexity index is 542. The van der Waals surface area contributed by atoms with E-state index in [0.717, 1.165) is 4.90 Å². The lowest BCUT2D eigenvalue weighted by atomic mass is 10.3. The molecule has 7 heteroatoms. The minimum absolute atomic E-state index is 0.0398. The highest BCUT2D eigenvalue weighted by molar-refractivity contribution is 8.00. The van der Waals surface area contributed by atoms with Crippen molar-refractivity contribution in [3.05, 3.63) is 24.3 Å². The summed E-state index contributed by atoms with van der Waals surface area (Å²) in [5, 5.41) is 17.2. The largest absolute Gasteiger partial charge is 0.508 e. The van der Waals surface area contributed by atoms with Gasteiger partial charge in [0.2, 0.25) is 11.8 Å². The van der Waals surface area contributed by atoms with Gasteiger partial charge in [-0.25, -0.2) is 4.90 Å². The Morgan fingerprint density at radius 1 is 1.30 bits per heavy atom. The van der Waals surface area contributed by atoms with Crippen LogP contribution in [0.15, 0.2) is 24.3 Å². The van der Waals surface area contributed by atoms with E-state index in [1.807, 2.05) is 0 Å². The molecule has 2 rings (SSSR count). The van der Waals surface area contributed by atoms with E-state index < -0.39 is 11.2 Å². The number of benzene rings is 1. The normalized spacial score (nSPS) is 18.6. The minimum Gasteiger partial charge on any atom is -0.508 e. The predicted octanol–water partition coefficient (Wildman–Crippen LogP) is 1.23. The summed E-state index contributed by atoms with van der Waals surface area (Å²) >= 11 is 1.18. The first kappa shape index (κ1) is 14.4. The van der Waals surface area contributed by atoms with Crippen molar-refractivity contribution in [2.45, 2.75) is 18.1 Å². The molecule has 1 saturated heterocycles. The Balaban J connectivity index is 2.05. The van der Waals surface area contributed by atoms with Crippen LogP contribution in [0.5, 0.6) is 5.75 Å². The summed E-state index contributed by atoms with van der Waals surface area (Å²) in [6.45, 7) is 0. The number of phenols is 1. The number of rotatable bonds is 5. The summed E-state index contributed by atoms with van der Waals surface area (Å²) in [7, 11) is 0. The summed E-state index contributed by atoms with van der Waals surface area (Å²) in [5.74, 6) is -1.22. The summed E-state index contributed by atoms with van der Waals surface area (Å²) in [5.41, 5.74) is 0.416. The molecule has 106 valence electrons. The highest BCUT2D eigenvalue weighted by Crippen LogP contribution is 2.30. The molecule has 0 bridgehead atoms. The predicted molar refractivity (Wildman–Crippen MR) is 73.7 cm³/mol. The van der Waals surface area contributed by atoms with E-state index in [-0.39, 0.29) is 30.4 Å². The van der Waals surface area contributed by atoms with E-state index in [1.165, 1.54) is 36.0 Å². The molecule has 1 aliphatic heterocycles. The topological polar surface area (TPSA) is 94.9 Å². The molecule has 0 radical (unpaired) electrons. The fraction of sp³-hybridized carbons (Fsp3) is 0.308. The van der Waals surface area contributed by atoms with E-state index in [1.54, 1.807) is 0 Å². The Hall–Kier alpha value is -2.02. The van der Waals surface area contributed by atoms with Crippen LogP contribution in [0, 0.1) is 0 Å². The Labute approximate surface area is 119 Å². The number of amides is 2. The molecular weight excluding hydrogens is 282 g/mol. The lowest BCUT2D eigenvalue weighted by molar-refractivity contribution is -0.136. The number of carbonyl (C=O) groups excluding carboxylic acids is 2. The van der Waals surface area contributed by atoms with Gasteiger partial charge >= 0.3 is 5.97 Å². The highest BCUT2D eigenvalue weighted by atomic mass is 32.2. The van der Waals surface area contributed by atoms with Gasteiger partial charge in [-0.1, -0.05) is 0 Å². The zero-order chi connectivity index (χ0) is 14.7. The number of hydrogen-bond donors (Lipinski definition) is 2. The van der Waals surface area contributed by atoms with Gasteiger partial charge in [-0.3, -0.25) is 14.4 Å². The van der Waals surface area contributed by atoms with Gasteiger partial charge in [-0.2, -0.15) is 0 Å². The molecule has 20 heavy (non-hydrogen) atoms. The van der Waals surface area contributed by atoms with Crippen LogP contribution in [0.25, 0.3) is 0 Å². The third-order valence-corrected chi connectivity index (χ3v) is 4.06. The first-order valence-electron chi connectivity index (χ1n) is 5.98. The molecule has 0 aliphatic carbocycles. The summed E-state index contributed by atoms with van der Waals surface area (Å²) in [4.78, 5) is 35.6. The third-order valence-electron chi connectivity index (χ3n) is 2.85. The lowest BCUT2D eigenvalue weighted by Crippen LogP contribution is -2.31. The molecule has 0 saturated carbocycles. The number of aromatic hydroxyl groups is 1. The zero-order valence-corrected chi connectivity index (χ0v) is 11.3. The first-order valence-corrected chi connectivity index (χ1v) is 7.03. The average molecular weight is 295 g/mol. The van der Waals surface area contributed by atoms with Crippen LogP contribution in [0.4, 0.5) is 5.69 Å². The number of carboxylic acids is 1. The second kappa shape index (κ2) is 5.96. The molecule has 1 atom stereocenters.